The van der Waals surface area contributed by atoms with Gasteiger partial charge in [-0.05, 0) is 36.3 Å². The highest BCUT2D eigenvalue weighted by Crippen LogP contribution is 2.40. The summed E-state index contributed by atoms with van der Waals surface area (Å²) in [4.78, 5) is 28.6. The van der Waals surface area contributed by atoms with E-state index in [1.807, 2.05) is 9.80 Å². The van der Waals surface area contributed by atoms with Gasteiger partial charge < -0.3 is 9.80 Å². The van der Waals surface area contributed by atoms with Gasteiger partial charge in [0.2, 0.25) is 11.8 Å². The molecule has 2 saturated heterocycles. The Labute approximate surface area is 144 Å². The van der Waals surface area contributed by atoms with E-state index in [0.717, 1.165) is 32.4 Å². The Morgan fingerprint density at radius 3 is 2.46 bits per heavy atom. The molecule has 2 fully saturated rings. The Morgan fingerprint density at radius 1 is 1.17 bits per heavy atom. The molecular weight excluding hydrogens is 300 g/mol. The molecule has 1 aromatic rings. The van der Waals surface area contributed by atoms with Crippen molar-refractivity contribution in [2.75, 3.05) is 19.6 Å². The SMILES string of the molecule is CC(=O)N1CC[C@@]2(CCCN(Cc3ccc(C(C)C)cc3)C2=O)C1. The minimum atomic E-state index is -0.332. The quantitative estimate of drug-likeness (QED) is 0.855. The molecule has 1 atom stereocenters. The molecule has 2 heterocycles. The number of rotatable bonds is 3. The molecule has 2 amide bonds. The number of hydrogen-bond acceptors (Lipinski definition) is 2. The summed E-state index contributed by atoms with van der Waals surface area (Å²) in [5, 5.41) is 0. The first-order valence-corrected chi connectivity index (χ1v) is 9.05. The van der Waals surface area contributed by atoms with E-state index in [2.05, 4.69) is 38.1 Å². The van der Waals surface area contributed by atoms with Crippen molar-refractivity contribution in [3.8, 4) is 0 Å². The van der Waals surface area contributed by atoms with Gasteiger partial charge >= 0.3 is 0 Å². The summed E-state index contributed by atoms with van der Waals surface area (Å²) >= 11 is 0. The van der Waals surface area contributed by atoms with Gasteiger partial charge in [-0.15, -0.1) is 0 Å². The molecule has 4 nitrogen and oxygen atoms in total. The lowest BCUT2D eigenvalue weighted by molar-refractivity contribution is -0.146. The van der Waals surface area contributed by atoms with Gasteiger partial charge in [0.1, 0.15) is 0 Å². The smallest absolute Gasteiger partial charge is 0.230 e. The zero-order valence-corrected chi connectivity index (χ0v) is 15.0. The molecule has 0 radical (unpaired) electrons. The molecule has 1 aromatic carbocycles. The van der Waals surface area contributed by atoms with E-state index in [0.29, 0.717) is 19.0 Å². The number of carbonyl (C=O) groups is 2. The van der Waals surface area contributed by atoms with Crippen molar-refractivity contribution in [1.29, 1.82) is 0 Å². The maximum atomic E-state index is 13.1. The van der Waals surface area contributed by atoms with Crippen LogP contribution in [0.1, 0.15) is 57.1 Å². The van der Waals surface area contributed by atoms with Crippen LogP contribution in [0.25, 0.3) is 0 Å². The third kappa shape index (κ3) is 3.19. The summed E-state index contributed by atoms with van der Waals surface area (Å²) in [6, 6.07) is 8.61. The second kappa shape index (κ2) is 6.58. The lowest BCUT2D eigenvalue weighted by Gasteiger charge is -2.39. The topological polar surface area (TPSA) is 40.6 Å². The molecular formula is C20H28N2O2. The van der Waals surface area contributed by atoms with Gasteiger partial charge in [0.25, 0.3) is 0 Å². The van der Waals surface area contributed by atoms with E-state index < -0.39 is 0 Å². The van der Waals surface area contributed by atoms with Crippen LogP contribution < -0.4 is 0 Å². The number of hydrogen-bond donors (Lipinski definition) is 0. The predicted octanol–water partition coefficient (Wildman–Crippen LogP) is 3.17. The number of nitrogens with zero attached hydrogens (tertiary/aromatic N) is 2. The maximum Gasteiger partial charge on any atom is 0.230 e. The minimum absolute atomic E-state index is 0.0843. The molecule has 4 heteroatoms. The Balaban J connectivity index is 1.70. The predicted molar refractivity (Wildman–Crippen MR) is 94.5 cm³/mol. The van der Waals surface area contributed by atoms with Gasteiger partial charge in [-0.2, -0.15) is 0 Å². The van der Waals surface area contributed by atoms with E-state index >= 15 is 0 Å². The molecule has 24 heavy (non-hydrogen) atoms. The molecule has 0 bridgehead atoms. The van der Waals surface area contributed by atoms with Gasteiger partial charge in [0.15, 0.2) is 0 Å². The second-order valence-electron chi connectivity index (χ2n) is 7.70. The Morgan fingerprint density at radius 2 is 1.88 bits per heavy atom. The lowest BCUT2D eigenvalue weighted by atomic mass is 9.78. The Kier molecular flexibility index (Phi) is 4.66. The van der Waals surface area contributed by atoms with Crippen LogP contribution in [-0.4, -0.2) is 41.2 Å². The second-order valence-corrected chi connectivity index (χ2v) is 7.70. The molecule has 0 N–H and O–H groups in total. The van der Waals surface area contributed by atoms with Crippen molar-refractivity contribution < 1.29 is 9.59 Å². The number of benzene rings is 1. The summed E-state index contributed by atoms with van der Waals surface area (Å²) in [5.41, 5.74) is 2.18. The monoisotopic (exact) mass is 328 g/mol. The van der Waals surface area contributed by atoms with Crippen LogP contribution in [0.2, 0.25) is 0 Å². The molecule has 3 rings (SSSR count). The van der Waals surface area contributed by atoms with Gasteiger partial charge in [-0.1, -0.05) is 38.1 Å². The lowest BCUT2D eigenvalue weighted by Crippen LogP contribution is -2.49. The number of likely N-dealkylation sites (tertiary alicyclic amines) is 2. The fourth-order valence-electron chi connectivity index (χ4n) is 4.05. The number of piperidine rings is 1. The van der Waals surface area contributed by atoms with Crippen molar-refractivity contribution >= 4 is 11.8 Å². The summed E-state index contributed by atoms with van der Waals surface area (Å²) in [6.07, 6.45) is 2.76. The van der Waals surface area contributed by atoms with Gasteiger partial charge in [0, 0.05) is 33.1 Å². The average Bonchev–Trinajstić information content (AvgIpc) is 2.98. The van der Waals surface area contributed by atoms with Gasteiger partial charge in [-0.3, -0.25) is 9.59 Å². The van der Waals surface area contributed by atoms with E-state index in [1.165, 1.54) is 11.1 Å². The summed E-state index contributed by atoms with van der Waals surface area (Å²) in [6.45, 7) is 8.80. The first kappa shape index (κ1) is 17.0. The van der Waals surface area contributed by atoms with Gasteiger partial charge in [-0.25, -0.2) is 0 Å². The number of carbonyl (C=O) groups excluding carboxylic acids is 2. The largest absolute Gasteiger partial charge is 0.342 e. The van der Waals surface area contributed by atoms with Crippen LogP contribution >= 0.6 is 0 Å². The van der Waals surface area contributed by atoms with Crippen molar-refractivity contribution in [2.45, 2.75) is 52.5 Å². The van der Waals surface area contributed by atoms with Crippen LogP contribution in [0, 0.1) is 5.41 Å². The highest BCUT2D eigenvalue weighted by Gasteiger charge is 2.48. The first-order valence-electron chi connectivity index (χ1n) is 9.05. The van der Waals surface area contributed by atoms with Crippen LogP contribution in [0.3, 0.4) is 0 Å². The average molecular weight is 328 g/mol. The van der Waals surface area contributed by atoms with Crippen molar-refractivity contribution in [2.24, 2.45) is 5.41 Å². The normalized spacial score (nSPS) is 24.2. The molecule has 2 aliphatic heterocycles. The summed E-state index contributed by atoms with van der Waals surface area (Å²) in [7, 11) is 0. The van der Waals surface area contributed by atoms with Crippen LogP contribution in [0.4, 0.5) is 0 Å². The minimum Gasteiger partial charge on any atom is -0.342 e. The number of amides is 2. The summed E-state index contributed by atoms with van der Waals surface area (Å²) in [5.74, 6) is 0.849. The molecule has 0 unspecified atom stereocenters. The van der Waals surface area contributed by atoms with Crippen LogP contribution in [0.5, 0.6) is 0 Å². The fourth-order valence-corrected chi connectivity index (χ4v) is 4.05. The standard InChI is InChI=1S/C20H28N2O2/c1-15(2)18-7-5-17(6-8-18)13-21-11-4-9-20(19(21)24)10-12-22(14-20)16(3)23/h5-8,15H,4,9-14H2,1-3H3/t20-/m0/s1. The van der Waals surface area contributed by atoms with E-state index in [4.69, 9.17) is 0 Å². The molecule has 0 saturated carbocycles. The van der Waals surface area contributed by atoms with Gasteiger partial charge in [0.05, 0.1) is 5.41 Å². The highest BCUT2D eigenvalue weighted by molar-refractivity contribution is 5.85. The Bertz CT molecular complexity index is 623. The molecule has 2 aliphatic rings. The maximum absolute atomic E-state index is 13.1. The zero-order valence-electron chi connectivity index (χ0n) is 15.0. The summed E-state index contributed by atoms with van der Waals surface area (Å²) < 4.78 is 0. The van der Waals surface area contributed by atoms with Crippen molar-refractivity contribution in [3.05, 3.63) is 35.4 Å². The fraction of sp³-hybridized carbons (Fsp3) is 0.600. The highest BCUT2D eigenvalue weighted by atomic mass is 16.2. The zero-order chi connectivity index (χ0) is 17.3. The van der Waals surface area contributed by atoms with E-state index in [9.17, 15) is 9.59 Å². The van der Waals surface area contributed by atoms with E-state index in [-0.39, 0.29) is 17.2 Å². The van der Waals surface area contributed by atoms with Crippen molar-refractivity contribution in [3.63, 3.8) is 0 Å². The van der Waals surface area contributed by atoms with Crippen molar-refractivity contribution in [1.82, 2.24) is 9.80 Å². The molecule has 1 spiro atoms. The first-order chi connectivity index (χ1) is 11.4. The van der Waals surface area contributed by atoms with Crippen LogP contribution in [0.15, 0.2) is 24.3 Å². The molecule has 0 aromatic heterocycles. The third-order valence-electron chi connectivity index (χ3n) is 5.64. The molecule has 130 valence electrons. The van der Waals surface area contributed by atoms with E-state index in [1.54, 1.807) is 6.92 Å². The van der Waals surface area contributed by atoms with Crippen LogP contribution in [-0.2, 0) is 16.1 Å². The molecule has 0 aliphatic carbocycles. The third-order valence-corrected chi connectivity index (χ3v) is 5.64. The Hall–Kier alpha value is -1.84.